The highest BCUT2D eigenvalue weighted by Crippen LogP contribution is 2.32. The molecule has 0 aliphatic carbocycles. The van der Waals surface area contributed by atoms with Crippen LogP contribution in [0.2, 0.25) is 5.02 Å². The van der Waals surface area contributed by atoms with Crippen LogP contribution in [-0.2, 0) is 0 Å². The smallest absolute Gasteiger partial charge is 0.337 e. The summed E-state index contributed by atoms with van der Waals surface area (Å²) in [5.41, 5.74) is 4.40. The van der Waals surface area contributed by atoms with Crippen molar-refractivity contribution in [2.45, 2.75) is 0 Å². The number of aromatic carboxylic acids is 1. The zero-order chi connectivity index (χ0) is 20.0. The molecule has 0 unspecified atom stereocenters. The molecular formula is C22H13ClN4O2. The number of hydrogen-bond acceptors (Lipinski definition) is 4. The predicted molar refractivity (Wildman–Crippen MR) is 112 cm³/mol. The van der Waals surface area contributed by atoms with Crippen molar-refractivity contribution in [3.63, 3.8) is 0 Å². The number of rotatable bonds is 3. The Hall–Kier alpha value is -3.77. The van der Waals surface area contributed by atoms with Gasteiger partial charge in [-0.25, -0.2) is 9.78 Å². The average molecular weight is 401 g/mol. The minimum absolute atomic E-state index is 0.143. The van der Waals surface area contributed by atoms with Gasteiger partial charge in [0.15, 0.2) is 0 Å². The summed E-state index contributed by atoms with van der Waals surface area (Å²) < 4.78 is 1.87. The zero-order valence-corrected chi connectivity index (χ0v) is 15.7. The number of hydrogen-bond donors (Lipinski definition) is 1. The average Bonchev–Trinajstić information content (AvgIpc) is 3.17. The largest absolute Gasteiger partial charge is 0.478 e. The Balaban J connectivity index is 1.84. The molecular weight excluding hydrogens is 388 g/mol. The fraction of sp³-hybridized carbons (Fsp3) is 0. The lowest BCUT2D eigenvalue weighted by Gasteiger charge is -2.11. The van der Waals surface area contributed by atoms with Crippen molar-refractivity contribution in [2.75, 3.05) is 0 Å². The van der Waals surface area contributed by atoms with Gasteiger partial charge >= 0.3 is 5.97 Å². The molecule has 0 fully saturated rings. The van der Waals surface area contributed by atoms with E-state index in [4.69, 9.17) is 11.6 Å². The van der Waals surface area contributed by atoms with Crippen LogP contribution in [0.25, 0.3) is 38.8 Å². The van der Waals surface area contributed by atoms with E-state index in [0.29, 0.717) is 21.6 Å². The molecule has 1 N–H and O–H groups in total. The summed E-state index contributed by atoms with van der Waals surface area (Å²) in [5, 5.41) is 11.2. The molecule has 0 saturated heterocycles. The number of carboxylic acids is 1. The molecule has 0 atom stereocenters. The van der Waals surface area contributed by atoms with Gasteiger partial charge in [0.2, 0.25) is 0 Å². The fourth-order valence-electron chi connectivity index (χ4n) is 3.52. The van der Waals surface area contributed by atoms with Crippen LogP contribution >= 0.6 is 11.6 Å². The van der Waals surface area contributed by atoms with E-state index in [1.807, 2.05) is 41.0 Å². The molecule has 29 heavy (non-hydrogen) atoms. The third-order valence-electron chi connectivity index (χ3n) is 4.85. The Morgan fingerprint density at radius 2 is 1.76 bits per heavy atom. The second-order valence-corrected chi connectivity index (χ2v) is 6.92. The molecule has 2 aromatic carbocycles. The second-order valence-electron chi connectivity index (χ2n) is 6.51. The second kappa shape index (κ2) is 6.68. The minimum atomic E-state index is -1.03. The summed E-state index contributed by atoms with van der Waals surface area (Å²) in [7, 11) is 0. The highest BCUT2D eigenvalue weighted by molar-refractivity contribution is 6.35. The summed E-state index contributed by atoms with van der Waals surface area (Å²) in [5.74, 6) is -1.03. The number of pyridine rings is 2. The minimum Gasteiger partial charge on any atom is -0.478 e. The number of fused-ring (bicyclic) bond motifs is 2. The molecule has 0 saturated carbocycles. The Bertz CT molecular complexity index is 1400. The Morgan fingerprint density at radius 1 is 0.931 bits per heavy atom. The Labute approximate surface area is 170 Å². The molecule has 0 spiro atoms. The van der Waals surface area contributed by atoms with Crippen molar-refractivity contribution in [1.82, 2.24) is 19.5 Å². The molecule has 0 aliphatic rings. The number of halogens is 1. The van der Waals surface area contributed by atoms with E-state index < -0.39 is 5.97 Å². The Morgan fingerprint density at radius 3 is 2.55 bits per heavy atom. The van der Waals surface area contributed by atoms with Gasteiger partial charge in [-0.15, -0.1) is 0 Å². The van der Waals surface area contributed by atoms with Crippen LogP contribution in [0.4, 0.5) is 0 Å². The number of imidazole rings is 1. The van der Waals surface area contributed by atoms with Gasteiger partial charge in [0.05, 0.1) is 27.3 Å². The SMILES string of the molecule is O=C(O)c1cc(-c2ccncc2)cc2c1ncn2-c1ccnc2c(Cl)cccc12. The Kier molecular flexibility index (Phi) is 4.00. The van der Waals surface area contributed by atoms with E-state index >= 15 is 0 Å². The zero-order valence-electron chi connectivity index (χ0n) is 15.0. The van der Waals surface area contributed by atoms with Crippen LogP contribution < -0.4 is 0 Å². The summed E-state index contributed by atoms with van der Waals surface area (Å²) >= 11 is 6.31. The van der Waals surface area contributed by atoms with Gasteiger partial charge < -0.3 is 5.11 Å². The first-order valence-electron chi connectivity index (χ1n) is 8.82. The molecule has 0 bridgehead atoms. The molecule has 3 aromatic heterocycles. The number of carbonyl (C=O) groups is 1. The standard InChI is InChI=1S/C22H13ClN4O2/c23-17-3-1-2-15-18(6-9-25-20(15)17)27-12-26-21-16(22(28)29)10-14(11-19(21)27)13-4-7-24-8-5-13/h1-12H,(H,28,29). The molecule has 7 heteroatoms. The van der Waals surface area contributed by atoms with Crippen molar-refractivity contribution in [3.8, 4) is 16.8 Å². The fourth-order valence-corrected chi connectivity index (χ4v) is 3.74. The highest BCUT2D eigenvalue weighted by Gasteiger charge is 2.17. The van der Waals surface area contributed by atoms with Gasteiger partial charge in [0.1, 0.15) is 11.8 Å². The van der Waals surface area contributed by atoms with Gasteiger partial charge in [0, 0.05) is 24.0 Å². The topological polar surface area (TPSA) is 80.9 Å². The summed E-state index contributed by atoms with van der Waals surface area (Å²) in [4.78, 5) is 24.7. The van der Waals surface area contributed by atoms with E-state index in [-0.39, 0.29) is 5.56 Å². The van der Waals surface area contributed by atoms with Crippen LogP contribution in [0.15, 0.2) is 73.4 Å². The molecule has 0 radical (unpaired) electrons. The van der Waals surface area contributed by atoms with Crippen LogP contribution in [0.3, 0.4) is 0 Å². The molecule has 0 aliphatic heterocycles. The number of para-hydroxylation sites is 1. The van der Waals surface area contributed by atoms with Crippen molar-refractivity contribution < 1.29 is 9.90 Å². The molecule has 6 nitrogen and oxygen atoms in total. The summed E-state index contributed by atoms with van der Waals surface area (Å²) in [6.07, 6.45) is 6.66. The molecule has 5 aromatic rings. The van der Waals surface area contributed by atoms with E-state index in [1.54, 1.807) is 37.1 Å². The third-order valence-corrected chi connectivity index (χ3v) is 5.16. The summed E-state index contributed by atoms with van der Waals surface area (Å²) in [6.45, 7) is 0. The van der Waals surface area contributed by atoms with Gasteiger partial charge in [0.25, 0.3) is 0 Å². The normalized spacial score (nSPS) is 11.2. The maximum Gasteiger partial charge on any atom is 0.337 e. The summed E-state index contributed by atoms with van der Waals surface area (Å²) in [6, 6.07) is 14.7. The van der Waals surface area contributed by atoms with Gasteiger partial charge in [-0.1, -0.05) is 23.7 Å². The van der Waals surface area contributed by atoms with Crippen molar-refractivity contribution in [3.05, 3.63) is 84.0 Å². The van der Waals surface area contributed by atoms with Crippen LogP contribution in [0.1, 0.15) is 10.4 Å². The van der Waals surface area contributed by atoms with E-state index in [2.05, 4.69) is 15.0 Å². The number of benzene rings is 2. The molecule has 140 valence electrons. The van der Waals surface area contributed by atoms with Gasteiger partial charge in [-0.05, 0) is 47.5 Å². The van der Waals surface area contributed by atoms with Gasteiger partial charge in [-0.2, -0.15) is 0 Å². The lowest BCUT2D eigenvalue weighted by atomic mass is 10.0. The first kappa shape index (κ1) is 17.3. The van der Waals surface area contributed by atoms with Crippen molar-refractivity contribution in [1.29, 1.82) is 0 Å². The quantitative estimate of drug-likeness (QED) is 0.461. The maximum absolute atomic E-state index is 11.9. The van der Waals surface area contributed by atoms with Crippen molar-refractivity contribution in [2.24, 2.45) is 0 Å². The van der Waals surface area contributed by atoms with E-state index in [0.717, 1.165) is 22.2 Å². The van der Waals surface area contributed by atoms with E-state index in [9.17, 15) is 9.90 Å². The molecule has 0 amide bonds. The van der Waals surface area contributed by atoms with Gasteiger partial charge in [-0.3, -0.25) is 14.5 Å². The molecule has 5 rings (SSSR count). The highest BCUT2D eigenvalue weighted by atomic mass is 35.5. The monoisotopic (exact) mass is 400 g/mol. The lowest BCUT2D eigenvalue weighted by molar-refractivity contribution is 0.0699. The first-order valence-corrected chi connectivity index (χ1v) is 9.19. The van der Waals surface area contributed by atoms with Crippen molar-refractivity contribution >= 4 is 39.5 Å². The van der Waals surface area contributed by atoms with Crippen LogP contribution in [-0.4, -0.2) is 30.6 Å². The number of nitrogens with zero attached hydrogens (tertiary/aromatic N) is 4. The maximum atomic E-state index is 11.9. The van der Waals surface area contributed by atoms with Crippen LogP contribution in [0, 0.1) is 0 Å². The van der Waals surface area contributed by atoms with E-state index in [1.165, 1.54) is 0 Å². The molecule has 3 heterocycles. The number of aromatic nitrogens is 4. The first-order chi connectivity index (χ1) is 14.1. The van der Waals surface area contributed by atoms with Crippen LogP contribution in [0.5, 0.6) is 0 Å². The third kappa shape index (κ3) is 2.81. The number of carboxylic acid groups (broad SMARTS) is 1. The predicted octanol–water partition coefficient (Wildman–Crippen LogP) is 4.99. The lowest BCUT2D eigenvalue weighted by Crippen LogP contribution is -2.00.